The van der Waals surface area contributed by atoms with Crippen LogP contribution in [0, 0.1) is 13.8 Å². The molecule has 6 heteroatoms. The highest BCUT2D eigenvalue weighted by atomic mass is 16.5. The zero-order chi connectivity index (χ0) is 19.5. The molecule has 1 heterocycles. The van der Waals surface area contributed by atoms with E-state index in [9.17, 15) is 14.7 Å². The van der Waals surface area contributed by atoms with Gasteiger partial charge in [-0.15, -0.1) is 0 Å². The molecule has 1 amide bonds. The van der Waals surface area contributed by atoms with Crippen molar-refractivity contribution in [3.63, 3.8) is 0 Å². The predicted octanol–water partition coefficient (Wildman–Crippen LogP) is 3.25. The van der Waals surface area contributed by atoms with Gasteiger partial charge in [0.2, 0.25) is 0 Å². The van der Waals surface area contributed by atoms with Crippen LogP contribution in [0.15, 0.2) is 30.3 Å². The summed E-state index contributed by atoms with van der Waals surface area (Å²) in [4.78, 5) is 24.4. The standard InChI is InChI=1S/C20H26N2O4/c1-6-22-13(2)10-17(14(22)3)19(25)21-20(4,12-18(23)24)15-8-7-9-16(11-15)26-5/h7-11H,6,12H2,1-5H3,(H,21,25)(H,23,24). The molecule has 1 atom stereocenters. The lowest BCUT2D eigenvalue weighted by atomic mass is 9.88. The normalized spacial score (nSPS) is 13.1. The van der Waals surface area contributed by atoms with Gasteiger partial charge in [-0.3, -0.25) is 9.59 Å². The highest BCUT2D eigenvalue weighted by molar-refractivity contribution is 5.96. The summed E-state index contributed by atoms with van der Waals surface area (Å²) in [7, 11) is 1.55. The van der Waals surface area contributed by atoms with Gasteiger partial charge in [-0.25, -0.2) is 0 Å². The molecule has 6 nitrogen and oxygen atoms in total. The molecule has 26 heavy (non-hydrogen) atoms. The fourth-order valence-electron chi connectivity index (χ4n) is 3.32. The maximum Gasteiger partial charge on any atom is 0.306 e. The molecule has 0 saturated heterocycles. The number of ether oxygens (including phenoxy) is 1. The fourth-order valence-corrected chi connectivity index (χ4v) is 3.32. The number of amides is 1. The third kappa shape index (κ3) is 3.90. The number of methoxy groups -OCH3 is 1. The monoisotopic (exact) mass is 358 g/mol. The van der Waals surface area contributed by atoms with Crippen molar-refractivity contribution < 1.29 is 19.4 Å². The summed E-state index contributed by atoms with van der Waals surface area (Å²) >= 11 is 0. The Morgan fingerprint density at radius 2 is 1.96 bits per heavy atom. The minimum absolute atomic E-state index is 0.238. The topological polar surface area (TPSA) is 80.6 Å². The van der Waals surface area contributed by atoms with E-state index in [4.69, 9.17) is 4.74 Å². The minimum Gasteiger partial charge on any atom is -0.497 e. The highest BCUT2D eigenvalue weighted by Crippen LogP contribution is 2.29. The lowest BCUT2D eigenvalue weighted by molar-refractivity contribution is -0.138. The molecule has 0 aliphatic carbocycles. The Labute approximate surface area is 153 Å². The largest absolute Gasteiger partial charge is 0.497 e. The zero-order valence-electron chi connectivity index (χ0n) is 15.9. The Hall–Kier alpha value is -2.76. The third-order valence-electron chi connectivity index (χ3n) is 4.74. The SMILES string of the molecule is CCn1c(C)cc(C(=O)NC(C)(CC(=O)O)c2cccc(OC)c2)c1C. The first-order valence-corrected chi connectivity index (χ1v) is 8.57. The van der Waals surface area contributed by atoms with Crippen molar-refractivity contribution in [1.29, 1.82) is 0 Å². The predicted molar refractivity (Wildman–Crippen MR) is 99.6 cm³/mol. The van der Waals surface area contributed by atoms with Gasteiger partial charge < -0.3 is 19.7 Å². The van der Waals surface area contributed by atoms with Gasteiger partial charge in [0.25, 0.3) is 5.91 Å². The summed E-state index contributed by atoms with van der Waals surface area (Å²) < 4.78 is 7.28. The summed E-state index contributed by atoms with van der Waals surface area (Å²) in [5.74, 6) is -0.670. The van der Waals surface area contributed by atoms with Crippen molar-refractivity contribution in [2.24, 2.45) is 0 Å². The van der Waals surface area contributed by atoms with E-state index in [2.05, 4.69) is 9.88 Å². The van der Waals surface area contributed by atoms with Crippen molar-refractivity contribution in [1.82, 2.24) is 9.88 Å². The summed E-state index contributed by atoms with van der Waals surface area (Å²) in [6.45, 7) is 8.35. The Kier molecular flexibility index (Phi) is 5.75. The van der Waals surface area contributed by atoms with Gasteiger partial charge in [0.05, 0.1) is 24.6 Å². The molecular weight excluding hydrogens is 332 g/mol. The molecule has 1 unspecified atom stereocenters. The number of rotatable bonds is 7. The lowest BCUT2D eigenvalue weighted by Crippen LogP contribution is -2.45. The van der Waals surface area contributed by atoms with Crippen LogP contribution in [0.2, 0.25) is 0 Å². The van der Waals surface area contributed by atoms with Crippen molar-refractivity contribution >= 4 is 11.9 Å². The van der Waals surface area contributed by atoms with Crippen molar-refractivity contribution in [2.45, 2.75) is 46.2 Å². The molecule has 140 valence electrons. The van der Waals surface area contributed by atoms with Gasteiger partial charge in [0.15, 0.2) is 0 Å². The maximum atomic E-state index is 12.9. The van der Waals surface area contributed by atoms with Gasteiger partial charge >= 0.3 is 5.97 Å². The van der Waals surface area contributed by atoms with Crippen LogP contribution in [0.1, 0.15) is 47.6 Å². The maximum absolute atomic E-state index is 12.9. The van der Waals surface area contributed by atoms with E-state index >= 15 is 0 Å². The molecule has 0 bridgehead atoms. The fraction of sp³-hybridized carbons (Fsp3) is 0.400. The summed E-state index contributed by atoms with van der Waals surface area (Å²) in [5.41, 5.74) is 2.04. The molecule has 2 aromatic rings. The van der Waals surface area contributed by atoms with Crippen molar-refractivity contribution in [2.75, 3.05) is 7.11 Å². The summed E-state index contributed by atoms with van der Waals surface area (Å²) in [5, 5.41) is 12.3. The third-order valence-corrected chi connectivity index (χ3v) is 4.74. The number of carbonyl (C=O) groups is 2. The van der Waals surface area contributed by atoms with E-state index in [-0.39, 0.29) is 12.3 Å². The first-order chi connectivity index (χ1) is 12.2. The molecule has 2 N–H and O–H groups in total. The molecule has 0 saturated carbocycles. The van der Waals surface area contributed by atoms with Gasteiger partial charge in [0.1, 0.15) is 5.75 Å². The molecule has 1 aromatic heterocycles. The van der Waals surface area contributed by atoms with Crippen LogP contribution in [0.5, 0.6) is 5.75 Å². The number of nitrogens with zero attached hydrogens (tertiary/aromatic N) is 1. The molecular formula is C20H26N2O4. The molecule has 0 radical (unpaired) electrons. The Morgan fingerprint density at radius 1 is 1.27 bits per heavy atom. The van der Waals surface area contributed by atoms with E-state index in [0.29, 0.717) is 16.9 Å². The first kappa shape index (κ1) is 19.6. The lowest BCUT2D eigenvalue weighted by Gasteiger charge is -2.30. The van der Waals surface area contributed by atoms with Crippen LogP contribution in [-0.4, -0.2) is 28.7 Å². The number of aromatic nitrogens is 1. The number of hydrogen-bond donors (Lipinski definition) is 2. The van der Waals surface area contributed by atoms with Crippen LogP contribution in [0.25, 0.3) is 0 Å². The second-order valence-corrected chi connectivity index (χ2v) is 6.62. The van der Waals surface area contributed by atoms with Gasteiger partial charge in [-0.1, -0.05) is 12.1 Å². The van der Waals surface area contributed by atoms with E-state index in [0.717, 1.165) is 17.9 Å². The second-order valence-electron chi connectivity index (χ2n) is 6.62. The number of benzene rings is 1. The number of hydrogen-bond acceptors (Lipinski definition) is 3. The number of carbonyl (C=O) groups excluding carboxylic acids is 1. The van der Waals surface area contributed by atoms with Gasteiger partial charge in [-0.2, -0.15) is 0 Å². The van der Waals surface area contributed by atoms with E-state index in [1.165, 1.54) is 0 Å². The van der Waals surface area contributed by atoms with E-state index in [1.807, 2.05) is 26.8 Å². The molecule has 2 rings (SSSR count). The molecule has 0 fully saturated rings. The van der Waals surface area contributed by atoms with Crippen LogP contribution >= 0.6 is 0 Å². The second kappa shape index (κ2) is 7.64. The minimum atomic E-state index is -1.06. The number of carboxylic acids is 1. The summed E-state index contributed by atoms with van der Waals surface area (Å²) in [6.07, 6.45) is -0.238. The zero-order valence-corrected chi connectivity index (χ0v) is 15.9. The van der Waals surface area contributed by atoms with Crippen molar-refractivity contribution in [3.05, 3.63) is 52.8 Å². The van der Waals surface area contributed by atoms with Crippen molar-refractivity contribution in [3.8, 4) is 5.75 Å². The molecule has 0 aliphatic heterocycles. The smallest absolute Gasteiger partial charge is 0.306 e. The Bertz CT molecular complexity index is 825. The van der Waals surface area contributed by atoms with Crippen LogP contribution < -0.4 is 10.1 Å². The van der Waals surface area contributed by atoms with Crippen LogP contribution in [0.4, 0.5) is 0 Å². The number of aryl methyl sites for hydroxylation is 1. The van der Waals surface area contributed by atoms with Gasteiger partial charge in [0, 0.05) is 17.9 Å². The number of aliphatic carboxylic acids is 1. The van der Waals surface area contributed by atoms with Crippen LogP contribution in [-0.2, 0) is 16.9 Å². The molecule has 1 aromatic carbocycles. The summed E-state index contributed by atoms with van der Waals surface area (Å²) in [6, 6.07) is 8.94. The highest BCUT2D eigenvalue weighted by Gasteiger charge is 2.33. The molecule has 0 aliphatic rings. The number of nitrogens with one attached hydrogen (secondary N) is 1. The quantitative estimate of drug-likeness (QED) is 0.796. The Morgan fingerprint density at radius 3 is 2.50 bits per heavy atom. The Balaban J connectivity index is 2.41. The van der Waals surface area contributed by atoms with Crippen LogP contribution in [0.3, 0.4) is 0 Å². The van der Waals surface area contributed by atoms with Gasteiger partial charge in [-0.05, 0) is 51.5 Å². The van der Waals surface area contributed by atoms with E-state index in [1.54, 1.807) is 38.3 Å². The average Bonchev–Trinajstić information content (AvgIpc) is 2.88. The first-order valence-electron chi connectivity index (χ1n) is 8.57. The van der Waals surface area contributed by atoms with E-state index < -0.39 is 11.5 Å². The molecule has 0 spiro atoms. The number of carboxylic acid groups (broad SMARTS) is 1. The average molecular weight is 358 g/mol.